The Morgan fingerprint density at radius 2 is 0.905 bits per heavy atom. The largest absolute Gasteiger partial charge is 0.472 e. The molecule has 8 atom stereocenters. The summed E-state index contributed by atoms with van der Waals surface area (Å²) in [5, 5.41) is 50.2. The van der Waals surface area contributed by atoms with Gasteiger partial charge in [-0.15, -0.1) is 0 Å². The Balaban J connectivity index is 2.51. The summed E-state index contributed by atoms with van der Waals surface area (Å²) < 4.78 is 33.5. The fourth-order valence-corrected chi connectivity index (χ4v) is 7.76. The molecule has 0 spiro atoms. The minimum absolute atomic E-state index is 0.0302. The highest BCUT2D eigenvalue weighted by Gasteiger charge is 2.51. The molecule has 0 aromatic rings. The minimum Gasteiger partial charge on any atom is -0.462 e. The number of phosphoric acid groups is 1. The van der Waals surface area contributed by atoms with Gasteiger partial charge in [0.15, 0.2) is 6.10 Å². The Kier molecular flexibility index (Phi) is 35.7. The summed E-state index contributed by atoms with van der Waals surface area (Å²) in [6.45, 7) is 3.12. The number of esters is 2. The lowest BCUT2D eigenvalue weighted by Gasteiger charge is -2.41. The van der Waals surface area contributed by atoms with Gasteiger partial charge in [-0.1, -0.05) is 177 Å². The summed E-state index contributed by atoms with van der Waals surface area (Å²) >= 11 is 0. The second-order valence-electron chi connectivity index (χ2n) is 16.2. The van der Waals surface area contributed by atoms with Crippen LogP contribution in [-0.2, 0) is 32.7 Å². The number of hydrogen-bond acceptors (Lipinski definition) is 12. The van der Waals surface area contributed by atoms with E-state index in [0.29, 0.717) is 19.3 Å². The summed E-state index contributed by atoms with van der Waals surface area (Å²) in [7, 11) is -5.14. The van der Waals surface area contributed by atoms with E-state index in [4.69, 9.17) is 18.5 Å². The maximum absolute atomic E-state index is 12.8. The van der Waals surface area contributed by atoms with Crippen molar-refractivity contribution in [1.29, 1.82) is 0 Å². The lowest BCUT2D eigenvalue weighted by Crippen LogP contribution is -2.64. The number of unbranched alkanes of at least 4 members (excludes halogenated alkanes) is 14. The number of rotatable bonds is 38. The van der Waals surface area contributed by atoms with E-state index in [1.165, 1.54) is 70.6 Å². The zero-order valence-electron chi connectivity index (χ0n) is 38.3. The van der Waals surface area contributed by atoms with Crippen molar-refractivity contribution in [2.45, 2.75) is 211 Å². The summed E-state index contributed by atoms with van der Waals surface area (Å²) in [4.78, 5) is 35.7. The van der Waals surface area contributed by atoms with Crippen LogP contribution in [0.5, 0.6) is 0 Å². The molecule has 0 aliphatic heterocycles. The Morgan fingerprint density at radius 3 is 1.35 bits per heavy atom. The third kappa shape index (κ3) is 31.0. The number of aliphatic hydroxyl groups is 5. The molecule has 362 valence electrons. The molecule has 0 amide bonds. The Morgan fingerprint density at radius 1 is 0.508 bits per heavy atom. The van der Waals surface area contributed by atoms with Gasteiger partial charge in [-0.3, -0.25) is 18.6 Å². The Hall–Kier alpha value is -2.71. The summed E-state index contributed by atoms with van der Waals surface area (Å²) in [5.41, 5.74) is 0. The van der Waals surface area contributed by atoms with Crippen molar-refractivity contribution < 1.29 is 63.1 Å². The SMILES string of the molecule is CC/C=C\C/C=C\C/C=C\C/C=C\C/C=C\C/C=C\CCC(=O)OC(COC(=O)CCCCCCCCCCCCCCCCC)COP(=O)(O)OC1[C@@H](O)[C@H](O)C(O)[C@H](O)[C@@H]1O. The van der Waals surface area contributed by atoms with Crippen LogP contribution in [0.1, 0.15) is 168 Å². The van der Waals surface area contributed by atoms with E-state index in [9.17, 15) is 44.6 Å². The first-order valence-corrected chi connectivity index (χ1v) is 25.2. The molecule has 1 fully saturated rings. The van der Waals surface area contributed by atoms with Gasteiger partial charge in [0.05, 0.1) is 6.61 Å². The highest BCUT2D eigenvalue weighted by molar-refractivity contribution is 7.47. The molecular formula is C49H83O13P. The molecule has 0 aromatic carbocycles. The monoisotopic (exact) mass is 911 g/mol. The summed E-state index contributed by atoms with van der Waals surface area (Å²) in [6.07, 6.45) is 35.4. The molecule has 0 saturated heterocycles. The number of hydrogen-bond donors (Lipinski definition) is 6. The van der Waals surface area contributed by atoms with Crippen LogP contribution in [0.15, 0.2) is 72.9 Å². The van der Waals surface area contributed by atoms with Crippen molar-refractivity contribution in [1.82, 2.24) is 0 Å². The lowest BCUT2D eigenvalue weighted by molar-refractivity contribution is -0.220. The van der Waals surface area contributed by atoms with E-state index in [0.717, 1.165) is 51.4 Å². The molecule has 1 saturated carbocycles. The first kappa shape index (κ1) is 58.3. The molecule has 0 aromatic heterocycles. The summed E-state index contributed by atoms with van der Waals surface area (Å²) in [6, 6.07) is 0. The van der Waals surface area contributed by atoms with Gasteiger partial charge in [-0.2, -0.15) is 0 Å². The van der Waals surface area contributed by atoms with E-state index in [2.05, 4.69) is 68.5 Å². The second-order valence-corrected chi connectivity index (χ2v) is 17.6. The topological polar surface area (TPSA) is 210 Å². The molecule has 1 aliphatic rings. The van der Waals surface area contributed by atoms with Gasteiger partial charge < -0.3 is 39.9 Å². The van der Waals surface area contributed by atoms with Crippen LogP contribution in [-0.4, -0.2) is 98.3 Å². The molecule has 13 nitrogen and oxygen atoms in total. The minimum atomic E-state index is -5.14. The summed E-state index contributed by atoms with van der Waals surface area (Å²) in [5.74, 6) is -1.20. The first-order valence-electron chi connectivity index (χ1n) is 23.7. The quantitative estimate of drug-likeness (QED) is 0.0148. The molecule has 4 unspecified atom stereocenters. The fourth-order valence-electron chi connectivity index (χ4n) is 6.78. The van der Waals surface area contributed by atoms with Crippen molar-refractivity contribution in [3.8, 4) is 0 Å². The van der Waals surface area contributed by atoms with Gasteiger partial charge in [0.2, 0.25) is 0 Å². The zero-order valence-corrected chi connectivity index (χ0v) is 39.2. The van der Waals surface area contributed by atoms with Gasteiger partial charge in [0.25, 0.3) is 0 Å². The van der Waals surface area contributed by atoms with Gasteiger partial charge in [0, 0.05) is 12.8 Å². The third-order valence-corrected chi connectivity index (χ3v) is 11.6. The highest BCUT2D eigenvalue weighted by atomic mass is 31.2. The maximum Gasteiger partial charge on any atom is 0.472 e. The van der Waals surface area contributed by atoms with E-state index >= 15 is 0 Å². The number of carbonyl (C=O) groups is 2. The van der Waals surface area contributed by atoms with Crippen LogP contribution in [0.4, 0.5) is 0 Å². The molecule has 6 N–H and O–H groups in total. The molecular weight excluding hydrogens is 828 g/mol. The van der Waals surface area contributed by atoms with E-state index in [-0.39, 0.29) is 12.8 Å². The maximum atomic E-state index is 12.8. The predicted octanol–water partition coefficient (Wildman–Crippen LogP) is 9.50. The van der Waals surface area contributed by atoms with Crippen LogP contribution < -0.4 is 0 Å². The average Bonchev–Trinajstić information content (AvgIpc) is 3.26. The van der Waals surface area contributed by atoms with Crippen LogP contribution in [0.3, 0.4) is 0 Å². The Labute approximate surface area is 378 Å². The molecule has 14 heteroatoms. The molecule has 0 bridgehead atoms. The predicted molar refractivity (Wildman–Crippen MR) is 249 cm³/mol. The molecule has 1 rings (SSSR count). The smallest absolute Gasteiger partial charge is 0.462 e. The molecule has 63 heavy (non-hydrogen) atoms. The van der Waals surface area contributed by atoms with E-state index < -0.39 is 75.7 Å². The van der Waals surface area contributed by atoms with E-state index in [1.807, 2.05) is 18.2 Å². The highest BCUT2D eigenvalue weighted by Crippen LogP contribution is 2.47. The number of allylic oxidation sites excluding steroid dienone is 12. The van der Waals surface area contributed by atoms with Crippen LogP contribution >= 0.6 is 7.82 Å². The van der Waals surface area contributed by atoms with Crippen molar-refractivity contribution in [3.63, 3.8) is 0 Å². The standard InChI is InChI=1S/C49H83O13P/c1-3-5-7-9-11-13-15-17-19-20-21-22-24-26-28-30-32-34-36-38-43(51)61-41(40-60-63(57,58)62-49-47(55)45(53)44(52)46(54)48(49)56)39-59-42(50)37-35-33-31-29-27-25-23-18-16-14-12-10-8-6-4-2/h5,7,11,13,17,19,21-22,26,28,32,34,41,44-49,52-56H,3-4,6,8-10,12,14-16,18,20,23-25,27,29-31,33,35-40H2,1-2H3,(H,57,58)/b7-5-,13-11-,19-17-,22-21-,28-26-,34-32-/t41?,44?,45-,46+,47-,48-,49?/m0/s1. The number of aliphatic hydroxyl groups excluding tert-OH is 5. The zero-order chi connectivity index (χ0) is 46.4. The van der Waals surface area contributed by atoms with Gasteiger partial charge in [0.1, 0.15) is 43.2 Å². The second kappa shape index (κ2) is 38.5. The van der Waals surface area contributed by atoms with Crippen molar-refractivity contribution in [3.05, 3.63) is 72.9 Å². The molecule has 0 radical (unpaired) electrons. The van der Waals surface area contributed by atoms with Crippen LogP contribution in [0.25, 0.3) is 0 Å². The van der Waals surface area contributed by atoms with Crippen LogP contribution in [0.2, 0.25) is 0 Å². The first-order chi connectivity index (χ1) is 30.4. The molecule has 0 heterocycles. The third-order valence-electron chi connectivity index (χ3n) is 10.6. The van der Waals surface area contributed by atoms with Crippen LogP contribution in [0, 0.1) is 0 Å². The molecule has 1 aliphatic carbocycles. The van der Waals surface area contributed by atoms with E-state index in [1.54, 1.807) is 0 Å². The number of carbonyl (C=O) groups excluding carboxylic acids is 2. The van der Waals surface area contributed by atoms with Crippen molar-refractivity contribution in [2.75, 3.05) is 13.2 Å². The fraction of sp³-hybridized carbons (Fsp3) is 0.714. The lowest BCUT2D eigenvalue weighted by atomic mass is 9.85. The van der Waals surface area contributed by atoms with Gasteiger partial charge >= 0.3 is 19.8 Å². The van der Waals surface area contributed by atoms with Crippen molar-refractivity contribution in [2.24, 2.45) is 0 Å². The van der Waals surface area contributed by atoms with Gasteiger partial charge in [-0.25, -0.2) is 4.57 Å². The number of ether oxygens (including phenoxy) is 2. The van der Waals surface area contributed by atoms with Gasteiger partial charge in [-0.05, 0) is 51.4 Å². The Bertz CT molecular complexity index is 1380. The normalized spacial score (nSPS) is 22.3. The van der Waals surface area contributed by atoms with Crippen molar-refractivity contribution >= 4 is 19.8 Å². The average molecular weight is 911 g/mol. The number of phosphoric ester groups is 1.